The summed E-state index contributed by atoms with van der Waals surface area (Å²) >= 11 is 0. The second kappa shape index (κ2) is 5.77. The van der Waals surface area contributed by atoms with Crippen LogP contribution in [0.5, 0.6) is 0 Å². The minimum absolute atomic E-state index is 0.0253. The first kappa shape index (κ1) is 12.0. The standard InChI is InChI=1S/C11H17N3O3/c15-11(16)10-8-14(13-12-10)6-7-17-9-4-2-1-3-5-9/h8-9H,1-7H2,(H,15,16). The summed E-state index contributed by atoms with van der Waals surface area (Å²) in [5.74, 6) is -1.05. The topological polar surface area (TPSA) is 77.2 Å². The van der Waals surface area contributed by atoms with Gasteiger partial charge in [0.2, 0.25) is 0 Å². The van der Waals surface area contributed by atoms with Crippen LogP contribution in [0.1, 0.15) is 42.6 Å². The van der Waals surface area contributed by atoms with Gasteiger partial charge < -0.3 is 9.84 Å². The second-order valence-electron chi connectivity index (χ2n) is 4.30. The van der Waals surface area contributed by atoms with Crippen molar-refractivity contribution in [1.82, 2.24) is 15.0 Å². The third kappa shape index (κ3) is 3.52. The molecule has 2 rings (SSSR count). The molecule has 1 heterocycles. The molecule has 0 aromatic carbocycles. The number of nitrogens with zero attached hydrogens (tertiary/aromatic N) is 3. The minimum atomic E-state index is -1.05. The molecular formula is C11H17N3O3. The Morgan fingerprint density at radius 2 is 2.24 bits per heavy atom. The Kier molecular flexibility index (Phi) is 4.08. The van der Waals surface area contributed by atoms with E-state index in [0.29, 0.717) is 19.3 Å². The van der Waals surface area contributed by atoms with Gasteiger partial charge in [-0.05, 0) is 12.8 Å². The molecule has 0 aliphatic heterocycles. The fourth-order valence-electron chi connectivity index (χ4n) is 2.05. The highest BCUT2D eigenvalue weighted by atomic mass is 16.5. The molecule has 0 radical (unpaired) electrons. The Morgan fingerprint density at radius 1 is 1.47 bits per heavy atom. The minimum Gasteiger partial charge on any atom is -0.476 e. The van der Waals surface area contributed by atoms with Crippen molar-refractivity contribution in [3.8, 4) is 0 Å². The largest absolute Gasteiger partial charge is 0.476 e. The first-order valence-corrected chi connectivity index (χ1v) is 6.01. The average molecular weight is 239 g/mol. The van der Waals surface area contributed by atoms with E-state index in [4.69, 9.17) is 9.84 Å². The van der Waals surface area contributed by atoms with E-state index < -0.39 is 5.97 Å². The summed E-state index contributed by atoms with van der Waals surface area (Å²) in [4.78, 5) is 10.6. The zero-order chi connectivity index (χ0) is 12.1. The van der Waals surface area contributed by atoms with Crippen LogP contribution in [0.3, 0.4) is 0 Å². The number of aromatic nitrogens is 3. The number of rotatable bonds is 5. The predicted molar refractivity (Wildman–Crippen MR) is 59.8 cm³/mol. The number of carbonyl (C=O) groups is 1. The lowest BCUT2D eigenvalue weighted by Crippen LogP contribution is -2.19. The van der Waals surface area contributed by atoms with Gasteiger partial charge in [-0.15, -0.1) is 5.10 Å². The Bertz CT molecular complexity index is 372. The number of ether oxygens (including phenoxy) is 1. The molecule has 0 amide bonds. The van der Waals surface area contributed by atoms with Crippen molar-refractivity contribution in [2.24, 2.45) is 0 Å². The van der Waals surface area contributed by atoms with E-state index in [1.807, 2.05) is 0 Å². The van der Waals surface area contributed by atoms with Crippen LogP contribution in [0.25, 0.3) is 0 Å². The van der Waals surface area contributed by atoms with Crippen LogP contribution >= 0.6 is 0 Å². The smallest absolute Gasteiger partial charge is 0.358 e. The second-order valence-corrected chi connectivity index (χ2v) is 4.30. The fourth-order valence-corrected chi connectivity index (χ4v) is 2.05. The fraction of sp³-hybridized carbons (Fsp3) is 0.727. The summed E-state index contributed by atoms with van der Waals surface area (Å²) in [5.41, 5.74) is -0.0253. The lowest BCUT2D eigenvalue weighted by Gasteiger charge is -2.21. The van der Waals surface area contributed by atoms with Gasteiger partial charge in [0.05, 0.1) is 25.5 Å². The van der Waals surface area contributed by atoms with E-state index in [-0.39, 0.29) is 5.69 Å². The maximum Gasteiger partial charge on any atom is 0.358 e. The number of aromatic carboxylic acids is 1. The SMILES string of the molecule is O=C(O)c1cn(CCOC2CCCCC2)nn1. The van der Waals surface area contributed by atoms with Crippen molar-refractivity contribution in [3.05, 3.63) is 11.9 Å². The highest BCUT2D eigenvalue weighted by Gasteiger charge is 2.13. The first-order chi connectivity index (χ1) is 8.25. The summed E-state index contributed by atoms with van der Waals surface area (Å²) in [6.07, 6.45) is 7.87. The Morgan fingerprint density at radius 3 is 2.88 bits per heavy atom. The van der Waals surface area contributed by atoms with Crippen molar-refractivity contribution >= 4 is 5.97 Å². The molecule has 0 spiro atoms. The third-order valence-electron chi connectivity index (χ3n) is 2.98. The Balaban J connectivity index is 1.71. The average Bonchev–Trinajstić information content (AvgIpc) is 2.79. The molecule has 0 atom stereocenters. The molecule has 94 valence electrons. The third-order valence-corrected chi connectivity index (χ3v) is 2.98. The van der Waals surface area contributed by atoms with Crippen LogP contribution in [-0.2, 0) is 11.3 Å². The highest BCUT2D eigenvalue weighted by Crippen LogP contribution is 2.20. The maximum absolute atomic E-state index is 10.6. The molecule has 0 bridgehead atoms. The molecule has 1 fully saturated rings. The van der Waals surface area contributed by atoms with E-state index in [1.54, 1.807) is 0 Å². The van der Waals surface area contributed by atoms with Crippen LogP contribution in [0.4, 0.5) is 0 Å². The first-order valence-electron chi connectivity index (χ1n) is 6.01. The molecule has 1 N–H and O–H groups in total. The summed E-state index contributed by atoms with van der Waals surface area (Å²) in [6.45, 7) is 1.11. The van der Waals surface area contributed by atoms with Gasteiger partial charge in [0.15, 0.2) is 5.69 Å². The molecule has 6 nitrogen and oxygen atoms in total. The van der Waals surface area contributed by atoms with Crippen molar-refractivity contribution in [3.63, 3.8) is 0 Å². The molecule has 0 saturated heterocycles. The van der Waals surface area contributed by atoms with Crippen LogP contribution in [0, 0.1) is 0 Å². The lowest BCUT2D eigenvalue weighted by molar-refractivity contribution is 0.0227. The van der Waals surface area contributed by atoms with Gasteiger partial charge in [-0.25, -0.2) is 9.48 Å². The van der Waals surface area contributed by atoms with Crippen LogP contribution < -0.4 is 0 Å². The van der Waals surface area contributed by atoms with Gasteiger partial charge in [-0.3, -0.25) is 0 Å². The number of carboxylic acids is 1. The lowest BCUT2D eigenvalue weighted by atomic mass is 9.98. The van der Waals surface area contributed by atoms with E-state index in [1.165, 1.54) is 30.1 Å². The quantitative estimate of drug-likeness (QED) is 0.838. The van der Waals surface area contributed by atoms with Gasteiger partial charge in [0.25, 0.3) is 0 Å². The normalized spacial score (nSPS) is 17.2. The van der Waals surface area contributed by atoms with Crippen LogP contribution in [0.15, 0.2) is 6.20 Å². The monoisotopic (exact) mass is 239 g/mol. The van der Waals surface area contributed by atoms with Crippen molar-refractivity contribution < 1.29 is 14.6 Å². The van der Waals surface area contributed by atoms with Crippen molar-refractivity contribution in [1.29, 1.82) is 0 Å². The van der Waals surface area contributed by atoms with Gasteiger partial charge in [-0.1, -0.05) is 24.5 Å². The molecule has 1 saturated carbocycles. The molecule has 1 aliphatic rings. The number of carboxylic acid groups (broad SMARTS) is 1. The molecule has 1 aliphatic carbocycles. The van der Waals surface area contributed by atoms with Crippen LogP contribution in [0.2, 0.25) is 0 Å². The highest BCUT2D eigenvalue weighted by molar-refractivity contribution is 5.84. The number of hydrogen-bond acceptors (Lipinski definition) is 4. The van der Waals surface area contributed by atoms with Crippen LogP contribution in [-0.4, -0.2) is 38.8 Å². The van der Waals surface area contributed by atoms with Crippen molar-refractivity contribution in [2.75, 3.05) is 6.61 Å². The maximum atomic E-state index is 10.6. The molecule has 1 aromatic rings. The summed E-state index contributed by atoms with van der Waals surface area (Å²) < 4.78 is 7.23. The predicted octanol–water partition coefficient (Wildman–Crippen LogP) is 1.33. The molecular weight excluding hydrogens is 222 g/mol. The molecule has 1 aromatic heterocycles. The van der Waals surface area contributed by atoms with Gasteiger partial charge in [-0.2, -0.15) is 0 Å². The van der Waals surface area contributed by atoms with Gasteiger partial charge >= 0.3 is 5.97 Å². The van der Waals surface area contributed by atoms with E-state index in [0.717, 1.165) is 12.8 Å². The summed E-state index contributed by atoms with van der Waals surface area (Å²) in [7, 11) is 0. The Labute approximate surface area is 99.6 Å². The van der Waals surface area contributed by atoms with E-state index >= 15 is 0 Å². The van der Waals surface area contributed by atoms with Gasteiger partial charge in [0.1, 0.15) is 0 Å². The molecule has 0 unspecified atom stereocenters. The summed E-state index contributed by atoms with van der Waals surface area (Å²) in [6, 6.07) is 0. The zero-order valence-electron chi connectivity index (χ0n) is 9.71. The number of hydrogen-bond donors (Lipinski definition) is 1. The van der Waals surface area contributed by atoms with Crippen molar-refractivity contribution in [2.45, 2.75) is 44.8 Å². The Hall–Kier alpha value is -1.43. The molecule has 6 heteroatoms. The van der Waals surface area contributed by atoms with E-state index in [9.17, 15) is 4.79 Å². The molecule has 17 heavy (non-hydrogen) atoms. The van der Waals surface area contributed by atoms with E-state index in [2.05, 4.69) is 10.3 Å². The zero-order valence-corrected chi connectivity index (χ0v) is 9.71. The summed E-state index contributed by atoms with van der Waals surface area (Å²) in [5, 5.41) is 15.9. The van der Waals surface area contributed by atoms with Gasteiger partial charge in [0, 0.05) is 0 Å².